The van der Waals surface area contributed by atoms with Gasteiger partial charge in [0.1, 0.15) is 11.9 Å². The number of nitrogens with zero attached hydrogens (tertiary/aromatic N) is 1. The Balaban J connectivity index is 0.962. The van der Waals surface area contributed by atoms with Gasteiger partial charge in [0, 0.05) is 43.2 Å². The number of rotatable bonds is 13. The molecule has 1 amide bonds. The molecule has 5 rings (SSSR count). The standard InChI is InChI=1S/C32H36N4O4S/c37-30(31-13-12-27(41-31)22-34-21-26-9-6-20-39-26)23-33-16-19-36-17-14-25(15-18-36)40-32(38)35-29-11-5-4-10-28(29)24-7-2-1-3-8-24/h1-13,20,25,33-34H,14-19,21-23H2,(H,35,38). The van der Waals surface area contributed by atoms with Crippen molar-refractivity contribution in [3.8, 4) is 11.1 Å². The molecule has 214 valence electrons. The van der Waals surface area contributed by atoms with Crippen LogP contribution in [0.25, 0.3) is 11.1 Å². The summed E-state index contributed by atoms with van der Waals surface area (Å²) in [5.74, 6) is 1.00. The third kappa shape index (κ3) is 8.61. The van der Waals surface area contributed by atoms with Gasteiger partial charge in [-0.25, -0.2) is 4.79 Å². The Morgan fingerprint density at radius 2 is 1.71 bits per heavy atom. The minimum atomic E-state index is -0.419. The molecule has 2 aromatic carbocycles. The highest BCUT2D eigenvalue weighted by molar-refractivity contribution is 7.14. The van der Waals surface area contributed by atoms with E-state index in [1.54, 1.807) is 6.26 Å². The van der Waals surface area contributed by atoms with Gasteiger partial charge in [-0.1, -0.05) is 48.5 Å². The van der Waals surface area contributed by atoms with Gasteiger partial charge in [-0.2, -0.15) is 0 Å². The van der Waals surface area contributed by atoms with Crippen molar-refractivity contribution in [2.75, 3.05) is 38.0 Å². The van der Waals surface area contributed by atoms with Crippen LogP contribution < -0.4 is 16.0 Å². The van der Waals surface area contributed by atoms with Crippen LogP contribution in [-0.4, -0.2) is 55.6 Å². The van der Waals surface area contributed by atoms with Crippen molar-refractivity contribution in [3.05, 3.63) is 101 Å². The van der Waals surface area contributed by atoms with E-state index < -0.39 is 6.09 Å². The van der Waals surface area contributed by atoms with Crippen molar-refractivity contribution in [2.24, 2.45) is 0 Å². The average molecular weight is 573 g/mol. The van der Waals surface area contributed by atoms with Gasteiger partial charge in [-0.3, -0.25) is 10.1 Å². The van der Waals surface area contributed by atoms with Gasteiger partial charge >= 0.3 is 6.09 Å². The lowest BCUT2D eigenvalue weighted by atomic mass is 10.0. The molecule has 0 bridgehead atoms. The van der Waals surface area contributed by atoms with Gasteiger partial charge in [0.15, 0.2) is 5.78 Å². The molecule has 3 heterocycles. The zero-order valence-corrected chi connectivity index (χ0v) is 23.8. The second-order valence-electron chi connectivity index (χ2n) is 10.0. The summed E-state index contributed by atoms with van der Waals surface area (Å²) in [5.41, 5.74) is 2.74. The van der Waals surface area contributed by atoms with Gasteiger partial charge < -0.3 is 24.7 Å². The number of ether oxygens (including phenoxy) is 1. The van der Waals surface area contributed by atoms with Crippen LogP contribution in [-0.2, 0) is 17.8 Å². The fraction of sp³-hybridized carbons (Fsp3) is 0.312. The molecule has 4 aromatic rings. The molecule has 0 aliphatic carbocycles. The molecule has 0 atom stereocenters. The fourth-order valence-corrected chi connectivity index (χ4v) is 5.79. The van der Waals surface area contributed by atoms with E-state index in [0.717, 1.165) is 71.3 Å². The Morgan fingerprint density at radius 1 is 0.902 bits per heavy atom. The van der Waals surface area contributed by atoms with Crippen molar-refractivity contribution >= 4 is 28.9 Å². The molecule has 3 N–H and O–H groups in total. The minimum Gasteiger partial charge on any atom is -0.468 e. The van der Waals surface area contributed by atoms with Crippen molar-refractivity contribution in [1.29, 1.82) is 0 Å². The molecular weight excluding hydrogens is 536 g/mol. The number of hydrogen-bond acceptors (Lipinski definition) is 8. The zero-order valence-electron chi connectivity index (χ0n) is 23.0. The van der Waals surface area contributed by atoms with Gasteiger partial charge in [0.25, 0.3) is 0 Å². The van der Waals surface area contributed by atoms with E-state index in [4.69, 9.17) is 9.15 Å². The van der Waals surface area contributed by atoms with E-state index in [-0.39, 0.29) is 11.9 Å². The van der Waals surface area contributed by atoms with E-state index in [1.165, 1.54) is 11.3 Å². The number of anilines is 1. The SMILES string of the molecule is O=C(Nc1ccccc1-c1ccccc1)OC1CCN(CCNCC(=O)c2ccc(CNCc3ccco3)s2)CC1. The average Bonchev–Trinajstić information content (AvgIpc) is 3.70. The van der Waals surface area contributed by atoms with Crippen LogP contribution in [0.15, 0.2) is 89.5 Å². The maximum Gasteiger partial charge on any atom is 0.411 e. The van der Waals surface area contributed by atoms with E-state index in [2.05, 4.69) is 20.9 Å². The van der Waals surface area contributed by atoms with E-state index >= 15 is 0 Å². The molecule has 0 spiro atoms. The smallest absolute Gasteiger partial charge is 0.411 e. The van der Waals surface area contributed by atoms with Crippen LogP contribution >= 0.6 is 11.3 Å². The predicted octanol–water partition coefficient (Wildman–Crippen LogP) is 5.78. The Labute approximate surface area is 244 Å². The number of furan rings is 1. The Bertz CT molecular complexity index is 1380. The first-order valence-electron chi connectivity index (χ1n) is 14.0. The molecule has 9 heteroatoms. The third-order valence-corrected chi connectivity index (χ3v) is 8.19. The molecule has 8 nitrogen and oxygen atoms in total. The Hall–Kier alpha value is -3.76. The lowest BCUT2D eigenvalue weighted by Crippen LogP contribution is -2.41. The largest absolute Gasteiger partial charge is 0.468 e. The first-order valence-corrected chi connectivity index (χ1v) is 14.9. The molecule has 0 unspecified atom stereocenters. The number of likely N-dealkylation sites (tertiary alicyclic amines) is 1. The number of thiophene rings is 1. The second kappa shape index (κ2) is 14.7. The van der Waals surface area contributed by atoms with Crippen molar-refractivity contribution < 1.29 is 18.7 Å². The van der Waals surface area contributed by atoms with Crippen molar-refractivity contribution in [1.82, 2.24) is 15.5 Å². The topological polar surface area (TPSA) is 95.8 Å². The number of piperidine rings is 1. The number of carbonyl (C=O) groups is 2. The maximum absolute atomic E-state index is 12.6. The van der Waals surface area contributed by atoms with Crippen molar-refractivity contribution in [3.63, 3.8) is 0 Å². The monoisotopic (exact) mass is 572 g/mol. The summed E-state index contributed by atoms with van der Waals surface area (Å²) in [4.78, 5) is 29.5. The number of ketones is 1. The van der Waals surface area contributed by atoms with Gasteiger partial charge in [0.2, 0.25) is 0 Å². The van der Waals surface area contributed by atoms with E-state index in [0.29, 0.717) is 19.6 Å². The molecule has 1 aliphatic heterocycles. The molecule has 0 radical (unpaired) electrons. The molecule has 1 aliphatic rings. The number of benzene rings is 2. The van der Waals surface area contributed by atoms with E-state index in [9.17, 15) is 9.59 Å². The number of carbonyl (C=O) groups excluding carboxylic acids is 2. The number of hydrogen-bond donors (Lipinski definition) is 3. The first kappa shape index (κ1) is 28.8. The molecule has 1 fully saturated rings. The molecule has 0 saturated carbocycles. The maximum atomic E-state index is 12.6. The zero-order chi connectivity index (χ0) is 28.3. The summed E-state index contributed by atoms with van der Waals surface area (Å²) >= 11 is 1.53. The number of Topliss-reactive ketones (excluding diaryl/α,β-unsaturated/α-hetero) is 1. The van der Waals surface area contributed by atoms with Crippen molar-refractivity contribution in [2.45, 2.75) is 32.0 Å². The number of nitrogens with one attached hydrogen (secondary N) is 3. The summed E-state index contributed by atoms with van der Waals surface area (Å²) in [6.07, 6.45) is 2.72. The number of para-hydroxylation sites is 1. The highest BCUT2D eigenvalue weighted by atomic mass is 32.1. The molecular formula is C32H36N4O4S. The van der Waals surface area contributed by atoms with Crippen LogP contribution in [0, 0.1) is 0 Å². The lowest BCUT2D eigenvalue weighted by Gasteiger charge is -2.31. The Kier molecular flexibility index (Phi) is 10.3. The van der Waals surface area contributed by atoms with Crippen LogP contribution in [0.4, 0.5) is 10.5 Å². The van der Waals surface area contributed by atoms with Gasteiger partial charge in [0.05, 0.1) is 29.9 Å². The molecule has 41 heavy (non-hydrogen) atoms. The fourth-order valence-electron chi connectivity index (χ4n) is 4.87. The van der Waals surface area contributed by atoms with Crippen LogP contribution in [0.2, 0.25) is 0 Å². The summed E-state index contributed by atoms with van der Waals surface area (Å²) in [6, 6.07) is 25.4. The summed E-state index contributed by atoms with van der Waals surface area (Å²) in [5, 5.41) is 9.54. The normalized spacial score (nSPS) is 14.1. The highest BCUT2D eigenvalue weighted by Gasteiger charge is 2.22. The van der Waals surface area contributed by atoms with E-state index in [1.807, 2.05) is 78.9 Å². The Morgan fingerprint density at radius 3 is 2.51 bits per heavy atom. The highest BCUT2D eigenvalue weighted by Crippen LogP contribution is 2.28. The van der Waals surface area contributed by atoms with Crippen LogP contribution in [0.1, 0.15) is 33.2 Å². The van der Waals surface area contributed by atoms with Crippen LogP contribution in [0.3, 0.4) is 0 Å². The summed E-state index contributed by atoms with van der Waals surface area (Å²) in [6.45, 7) is 4.98. The first-order chi connectivity index (χ1) is 20.1. The van der Waals surface area contributed by atoms with Crippen LogP contribution in [0.5, 0.6) is 0 Å². The predicted molar refractivity (Wildman–Crippen MR) is 162 cm³/mol. The van der Waals surface area contributed by atoms with Gasteiger partial charge in [-0.05, 0) is 48.7 Å². The summed E-state index contributed by atoms with van der Waals surface area (Å²) < 4.78 is 11.1. The third-order valence-electron chi connectivity index (χ3n) is 7.06. The summed E-state index contributed by atoms with van der Waals surface area (Å²) in [7, 11) is 0. The lowest BCUT2D eigenvalue weighted by molar-refractivity contribution is 0.0593. The second-order valence-corrected chi connectivity index (χ2v) is 11.2. The molecule has 1 saturated heterocycles. The number of amides is 1. The minimum absolute atomic E-state index is 0.105. The quantitative estimate of drug-likeness (QED) is 0.138. The van der Waals surface area contributed by atoms with Gasteiger partial charge in [-0.15, -0.1) is 11.3 Å². The molecule has 2 aromatic heterocycles.